The first-order valence-electron chi connectivity index (χ1n) is 14.0. The van der Waals surface area contributed by atoms with Gasteiger partial charge in [0.05, 0.1) is 25.3 Å². The van der Waals surface area contributed by atoms with Crippen molar-refractivity contribution in [2.24, 2.45) is 0 Å². The number of hydrogen-bond acceptors (Lipinski definition) is 8. The second-order valence-electron chi connectivity index (χ2n) is 10.3. The fourth-order valence-corrected chi connectivity index (χ4v) is 5.62. The molecule has 39 heavy (non-hydrogen) atoms. The highest BCUT2D eigenvalue weighted by Crippen LogP contribution is 2.34. The molecule has 2 aromatic heterocycles. The molecule has 9 nitrogen and oxygen atoms in total. The first-order valence-corrected chi connectivity index (χ1v) is 14.0. The van der Waals surface area contributed by atoms with Crippen molar-refractivity contribution in [3.05, 3.63) is 53.6 Å². The molecule has 5 rings (SSSR count). The van der Waals surface area contributed by atoms with E-state index in [0.29, 0.717) is 24.9 Å². The molecule has 0 bridgehead atoms. The number of nitrogen functional groups attached to an aromatic ring is 1. The second-order valence-corrected chi connectivity index (χ2v) is 10.3. The molecule has 0 aliphatic carbocycles. The molecular weight excluding hydrogens is 492 g/mol. The van der Waals surface area contributed by atoms with Crippen LogP contribution in [0, 0.1) is 0 Å². The minimum absolute atomic E-state index is 0.0803. The van der Waals surface area contributed by atoms with E-state index in [1.165, 1.54) is 5.56 Å². The van der Waals surface area contributed by atoms with E-state index in [2.05, 4.69) is 56.4 Å². The number of methoxy groups -OCH3 is 1. The Hall–Kier alpha value is -3.40. The summed E-state index contributed by atoms with van der Waals surface area (Å²) in [4.78, 5) is 9.31. The van der Waals surface area contributed by atoms with Crippen molar-refractivity contribution in [1.82, 2.24) is 19.9 Å². The summed E-state index contributed by atoms with van der Waals surface area (Å²) in [5, 5.41) is 17.8. The normalized spacial score (nSPS) is 16.2. The maximum atomic E-state index is 9.65. The molecule has 0 radical (unpaired) electrons. The molecule has 9 heteroatoms. The quantitative estimate of drug-likeness (QED) is 0.199. The number of nitrogens with two attached hydrogens (primary N) is 1. The lowest BCUT2D eigenvalue weighted by Crippen LogP contribution is -2.25. The summed E-state index contributed by atoms with van der Waals surface area (Å²) >= 11 is 0. The van der Waals surface area contributed by atoms with Gasteiger partial charge in [-0.05, 0) is 49.4 Å². The molecule has 5 N–H and O–H groups in total. The SMILES string of the molecule is CCC[C@@H](CCO)Nc1nc(N)nc2c3ccccc3n(Cc3cc(CNC[C@H]4CCCO4)ccc3OC)c12. The lowest BCUT2D eigenvalue weighted by atomic mass is 10.1. The van der Waals surface area contributed by atoms with Crippen LogP contribution in [0.2, 0.25) is 0 Å². The molecule has 3 heterocycles. The highest BCUT2D eigenvalue weighted by Gasteiger charge is 2.21. The van der Waals surface area contributed by atoms with Gasteiger partial charge in [0.1, 0.15) is 16.8 Å². The summed E-state index contributed by atoms with van der Waals surface area (Å²) in [6.45, 7) is 5.30. The summed E-state index contributed by atoms with van der Waals surface area (Å²) in [7, 11) is 1.71. The second kappa shape index (κ2) is 12.6. The van der Waals surface area contributed by atoms with Crippen LogP contribution in [0.15, 0.2) is 42.5 Å². The molecule has 1 saturated heterocycles. The van der Waals surface area contributed by atoms with Gasteiger partial charge >= 0.3 is 0 Å². The van der Waals surface area contributed by atoms with Gasteiger partial charge in [0, 0.05) is 43.3 Å². The van der Waals surface area contributed by atoms with Crippen LogP contribution < -0.4 is 21.1 Å². The number of nitrogens with zero attached hydrogens (tertiary/aromatic N) is 3. The average molecular weight is 533 g/mol. The van der Waals surface area contributed by atoms with Gasteiger partial charge in [-0.2, -0.15) is 4.98 Å². The van der Waals surface area contributed by atoms with Gasteiger partial charge in [-0.1, -0.05) is 37.6 Å². The van der Waals surface area contributed by atoms with Gasteiger partial charge in [0.15, 0.2) is 5.82 Å². The molecular formula is C30H40N6O3. The van der Waals surface area contributed by atoms with Gasteiger partial charge in [-0.25, -0.2) is 4.98 Å². The van der Waals surface area contributed by atoms with Gasteiger partial charge < -0.3 is 35.5 Å². The van der Waals surface area contributed by atoms with E-state index < -0.39 is 0 Å². The third-order valence-electron chi connectivity index (χ3n) is 7.48. The van der Waals surface area contributed by atoms with Crippen molar-refractivity contribution in [2.75, 3.05) is 37.9 Å². The maximum absolute atomic E-state index is 9.65. The number of rotatable bonds is 13. The average Bonchev–Trinajstić information content (AvgIpc) is 3.56. The van der Waals surface area contributed by atoms with Crippen LogP contribution in [0.25, 0.3) is 21.9 Å². The third kappa shape index (κ3) is 6.11. The Morgan fingerprint density at radius 1 is 1.21 bits per heavy atom. The maximum Gasteiger partial charge on any atom is 0.222 e. The summed E-state index contributed by atoms with van der Waals surface area (Å²) < 4.78 is 13.8. The summed E-state index contributed by atoms with van der Waals surface area (Å²) in [6, 6.07) is 14.7. The van der Waals surface area contributed by atoms with Gasteiger partial charge in [0.25, 0.3) is 0 Å². The number of aromatic nitrogens is 3. The van der Waals surface area contributed by atoms with Crippen LogP contribution in [0.5, 0.6) is 5.75 Å². The smallest absolute Gasteiger partial charge is 0.222 e. The van der Waals surface area contributed by atoms with E-state index in [1.807, 2.05) is 18.2 Å². The van der Waals surface area contributed by atoms with E-state index in [1.54, 1.807) is 7.11 Å². The Bertz CT molecular complexity index is 1390. The van der Waals surface area contributed by atoms with Crippen LogP contribution in [0.4, 0.5) is 11.8 Å². The zero-order valence-corrected chi connectivity index (χ0v) is 22.9. The summed E-state index contributed by atoms with van der Waals surface area (Å²) in [5.41, 5.74) is 11.2. The zero-order chi connectivity index (χ0) is 27.2. The van der Waals surface area contributed by atoms with Gasteiger partial charge in [0.2, 0.25) is 5.95 Å². The molecule has 1 aliphatic heterocycles. The lowest BCUT2D eigenvalue weighted by molar-refractivity contribution is 0.110. The predicted octanol–water partition coefficient (Wildman–Crippen LogP) is 4.46. The molecule has 0 amide bonds. The zero-order valence-electron chi connectivity index (χ0n) is 22.9. The Morgan fingerprint density at radius 3 is 2.85 bits per heavy atom. The first-order chi connectivity index (χ1) is 19.1. The van der Waals surface area contributed by atoms with Crippen LogP contribution in [0.1, 0.15) is 50.2 Å². The monoisotopic (exact) mass is 532 g/mol. The van der Waals surface area contributed by atoms with Crippen LogP contribution in [-0.4, -0.2) is 58.7 Å². The van der Waals surface area contributed by atoms with Crippen molar-refractivity contribution in [2.45, 2.75) is 64.3 Å². The van der Waals surface area contributed by atoms with Gasteiger partial charge in [-0.15, -0.1) is 0 Å². The highest BCUT2D eigenvalue weighted by atomic mass is 16.5. The molecule has 1 aliphatic rings. The summed E-state index contributed by atoms with van der Waals surface area (Å²) in [6.07, 6.45) is 5.11. The minimum Gasteiger partial charge on any atom is -0.496 e. The Balaban J connectivity index is 1.53. The van der Waals surface area contributed by atoms with E-state index in [0.717, 1.165) is 78.6 Å². The minimum atomic E-state index is 0.0803. The number of fused-ring (bicyclic) bond motifs is 3. The van der Waals surface area contributed by atoms with Crippen molar-refractivity contribution in [3.8, 4) is 5.75 Å². The fourth-order valence-electron chi connectivity index (χ4n) is 5.62. The van der Waals surface area contributed by atoms with Gasteiger partial charge in [-0.3, -0.25) is 0 Å². The number of benzene rings is 2. The van der Waals surface area contributed by atoms with E-state index in [4.69, 9.17) is 15.2 Å². The van der Waals surface area contributed by atoms with Crippen molar-refractivity contribution < 1.29 is 14.6 Å². The number of anilines is 2. The van der Waals surface area contributed by atoms with E-state index in [9.17, 15) is 5.11 Å². The molecule has 0 spiro atoms. The molecule has 2 aromatic carbocycles. The standard InChI is InChI=1S/C30H40N6O3/c1-3-7-22(13-14-37)33-29-28-27(34-30(31)35-29)24-9-4-5-10-25(24)36(28)19-21-16-20(11-12-26(21)38-2)17-32-18-23-8-6-15-39-23/h4-5,9-12,16,22-23,32,37H,3,6-8,13-15,17-19H2,1-2H3,(H3,31,33,34,35)/t22-,23+/m0/s1. The molecule has 0 saturated carbocycles. The Kier molecular flexibility index (Phi) is 8.81. The number of aliphatic hydroxyl groups excluding tert-OH is 1. The fraction of sp³-hybridized carbons (Fsp3) is 0.467. The largest absolute Gasteiger partial charge is 0.496 e. The molecule has 2 atom stereocenters. The molecule has 1 fully saturated rings. The topological polar surface area (TPSA) is 119 Å². The number of aliphatic hydroxyl groups is 1. The predicted molar refractivity (Wildman–Crippen MR) is 156 cm³/mol. The Labute approximate surface area is 229 Å². The Morgan fingerprint density at radius 2 is 2.08 bits per heavy atom. The number of nitrogens with one attached hydrogen (secondary N) is 2. The highest BCUT2D eigenvalue weighted by molar-refractivity contribution is 6.09. The van der Waals surface area contributed by atoms with Crippen molar-refractivity contribution >= 4 is 33.7 Å². The van der Waals surface area contributed by atoms with Crippen LogP contribution in [-0.2, 0) is 17.8 Å². The number of hydrogen-bond donors (Lipinski definition) is 4. The van der Waals surface area contributed by atoms with Crippen molar-refractivity contribution in [3.63, 3.8) is 0 Å². The van der Waals surface area contributed by atoms with E-state index >= 15 is 0 Å². The summed E-state index contributed by atoms with van der Waals surface area (Å²) in [5.74, 6) is 1.75. The van der Waals surface area contributed by atoms with Crippen LogP contribution in [0.3, 0.4) is 0 Å². The van der Waals surface area contributed by atoms with E-state index in [-0.39, 0.29) is 18.6 Å². The molecule has 4 aromatic rings. The number of para-hydroxylation sites is 1. The third-order valence-corrected chi connectivity index (χ3v) is 7.48. The molecule has 0 unspecified atom stereocenters. The van der Waals surface area contributed by atoms with Crippen LogP contribution >= 0.6 is 0 Å². The first kappa shape index (κ1) is 27.2. The van der Waals surface area contributed by atoms with Crippen molar-refractivity contribution in [1.29, 1.82) is 0 Å². The number of ether oxygens (including phenoxy) is 2. The lowest BCUT2D eigenvalue weighted by Gasteiger charge is -2.20. The molecule has 208 valence electrons.